The van der Waals surface area contributed by atoms with Crippen LogP contribution in [0.15, 0.2) is 36.4 Å². The third kappa shape index (κ3) is 3.65. The summed E-state index contributed by atoms with van der Waals surface area (Å²) in [7, 11) is 0. The molecule has 3 nitrogen and oxygen atoms in total. The summed E-state index contributed by atoms with van der Waals surface area (Å²) in [4.78, 5) is 12.2. The van der Waals surface area contributed by atoms with Crippen molar-refractivity contribution in [3.8, 4) is 0 Å². The molecule has 0 aromatic heterocycles. The van der Waals surface area contributed by atoms with Gasteiger partial charge in [-0.15, -0.1) is 0 Å². The number of carbonyl (C=O) groups is 1. The van der Waals surface area contributed by atoms with E-state index in [0.717, 1.165) is 0 Å². The maximum atomic E-state index is 13.2. The molecule has 110 valence electrons. The molecule has 0 unspecified atom stereocenters. The molecule has 0 bridgehead atoms. The second-order valence-electron chi connectivity index (χ2n) is 4.60. The first-order valence-corrected chi connectivity index (χ1v) is 6.95. The van der Waals surface area contributed by atoms with Gasteiger partial charge in [-0.25, -0.2) is 4.39 Å². The highest BCUT2D eigenvalue weighted by Crippen LogP contribution is 2.29. The Hall–Kier alpha value is -1.78. The van der Waals surface area contributed by atoms with Crippen LogP contribution in [-0.2, 0) is 0 Å². The van der Waals surface area contributed by atoms with E-state index in [2.05, 4.69) is 5.32 Å². The van der Waals surface area contributed by atoms with E-state index < -0.39 is 0 Å². The number of hydrogen-bond acceptors (Lipinski definition) is 2. The van der Waals surface area contributed by atoms with Gasteiger partial charge in [0.2, 0.25) is 0 Å². The van der Waals surface area contributed by atoms with Crippen LogP contribution in [0.4, 0.5) is 10.1 Å². The Morgan fingerprint density at radius 1 is 1.24 bits per heavy atom. The number of halogens is 3. The fourth-order valence-corrected chi connectivity index (χ4v) is 2.34. The average molecular weight is 327 g/mol. The number of rotatable bonds is 3. The SMILES string of the molecule is C[C@H](NC(=O)c1cc(Cl)c(N)c(Cl)c1)c1cccc(F)c1. The summed E-state index contributed by atoms with van der Waals surface area (Å²) in [6.07, 6.45) is 0. The minimum absolute atomic E-state index is 0.214. The van der Waals surface area contributed by atoms with Gasteiger partial charge in [0.15, 0.2) is 0 Å². The van der Waals surface area contributed by atoms with E-state index in [1.165, 1.54) is 24.3 Å². The highest BCUT2D eigenvalue weighted by atomic mass is 35.5. The molecule has 6 heteroatoms. The summed E-state index contributed by atoms with van der Waals surface area (Å²) < 4.78 is 13.2. The largest absolute Gasteiger partial charge is 0.396 e. The van der Waals surface area contributed by atoms with E-state index in [-0.39, 0.29) is 33.5 Å². The van der Waals surface area contributed by atoms with Gasteiger partial charge < -0.3 is 11.1 Å². The standard InChI is InChI=1S/C15H13Cl2FN2O/c1-8(9-3-2-4-11(18)5-9)20-15(21)10-6-12(16)14(19)13(17)7-10/h2-8H,19H2,1H3,(H,20,21)/t8-/m0/s1. The van der Waals surface area contributed by atoms with E-state index in [9.17, 15) is 9.18 Å². The number of nitrogens with two attached hydrogens (primary N) is 1. The molecule has 1 atom stereocenters. The summed E-state index contributed by atoms with van der Waals surface area (Å²) >= 11 is 11.8. The van der Waals surface area contributed by atoms with Crippen molar-refractivity contribution >= 4 is 34.8 Å². The summed E-state index contributed by atoms with van der Waals surface area (Å²) in [6, 6.07) is 8.56. The summed E-state index contributed by atoms with van der Waals surface area (Å²) in [5, 5.41) is 3.18. The fraction of sp³-hybridized carbons (Fsp3) is 0.133. The average Bonchev–Trinajstić information content (AvgIpc) is 2.44. The van der Waals surface area contributed by atoms with Crippen LogP contribution in [0.3, 0.4) is 0 Å². The number of benzene rings is 2. The minimum atomic E-state index is -0.365. The van der Waals surface area contributed by atoms with Crippen LogP contribution in [-0.4, -0.2) is 5.91 Å². The van der Waals surface area contributed by atoms with E-state index in [1.807, 2.05) is 0 Å². The molecule has 0 spiro atoms. The zero-order valence-electron chi connectivity index (χ0n) is 11.2. The second kappa shape index (κ2) is 6.33. The molecule has 21 heavy (non-hydrogen) atoms. The Morgan fingerprint density at radius 2 is 1.86 bits per heavy atom. The van der Waals surface area contributed by atoms with Gasteiger partial charge >= 0.3 is 0 Å². The van der Waals surface area contributed by atoms with E-state index >= 15 is 0 Å². The molecule has 0 saturated heterocycles. The van der Waals surface area contributed by atoms with Gasteiger partial charge in [0, 0.05) is 5.56 Å². The minimum Gasteiger partial charge on any atom is -0.396 e. The maximum Gasteiger partial charge on any atom is 0.251 e. The molecule has 0 saturated carbocycles. The number of amides is 1. The first-order chi connectivity index (χ1) is 9.88. The third-order valence-electron chi connectivity index (χ3n) is 3.04. The van der Waals surface area contributed by atoms with Crippen molar-refractivity contribution in [2.75, 3.05) is 5.73 Å². The molecule has 0 fully saturated rings. The Kier molecular flexibility index (Phi) is 4.70. The summed E-state index contributed by atoms with van der Waals surface area (Å²) in [6.45, 7) is 1.76. The van der Waals surface area contributed by atoms with Crippen LogP contribution < -0.4 is 11.1 Å². The molecular weight excluding hydrogens is 314 g/mol. The topological polar surface area (TPSA) is 55.1 Å². The van der Waals surface area contributed by atoms with Gasteiger partial charge in [-0.1, -0.05) is 35.3 Å². The molecule has 1 amide bonds. The molecule has 0 aliphatic heterocycles. The predicted molar refractivity (Wildman–Crippen MR) is 83.2 cm³/mol. The van der Waals surface area contributed by atoms with Gasteiger partial charge in [0.05, 0.1) is 21.8 Å². The molecule has 0 aliphatic rings. The smallest absolute Gasteiger partial charge is 0.251 e. The van der Waals surface area contributed by atoms with Gasteiger partial charge in [-0.2, -0.15) is 0 Å². The van der Waals surface area contributed by atoms with Gasteiger partial charge in [-0.3, -0.25) is 4.79 Å². The fourth-order valence-electron chi connectivity index (χ4n) is 1.85. The monoisotopic (exact) mass is 326 g/mol. The summed E-state index contributed by atoms with van der Waals surface area (Å²) in [5.74, 6) is -0.720. The predicted octanol–water partition coefficient (Wildman–Crippen LogP) is 4.21. The van der Waals surface area contributed by atoms with Crippen molar-refractivity contribution in [1.82, 2.24) is 5.32 Å². The van der Waals surface area contributed by atoms with E-state index in [1.54, 1.807) is 19.1 Å². The molecule has 0 aliphatic carbocycles. The molecular formula is C15H13Cl2FN2O. The highest BCUT2D eigenvalue weighted by molar-refractivity contribution is 6.39. The van der Waals surface area contributed by atoms with Gasteiger partial charge in [0.25, 0.3) is 5.91 Å². The quantitative estimate of drug-likeness (QED) is 0.830. The number of hydrogen-bond donors (Lipinski definition) is 2. The molecule has 2 aromatic carbocycles. The number of nitrogen functional groups attached to an aromatic ring is 1. The Bertz CT molecular complexity index is 668. The van der Waals surface area contributed by atoms with Crippen LogP contribution in [0, 0.1) is 5.82 Å². The van der Waals surface area contributed by atoms with Crippen molar-refractivity contribution in [3.63, 3.8) is 0 Å². The summed E-state index contributed by atoms with van der Waals surface area (Å²) in [5.41, 5.74) is 6.81. The maximum absolute atomic E-state index is 13.2. The lowest BCUT2D eigenvalue weighted by atomic mass is 10.1. The van der Waals surface area contributed by atoms with Crippen LogP contribution in [0.2, 0.25) is 10.0 Å². The lowest BCUT2D eigenvalue weighted by Crippen LogP contribution is -2.26. The number of anilines is 1. The zero-order valence-corrected chi connectivity index (χ0v) is 12.7. The normalized spacial score (nSPS) is 12.0. The second-order valence-corrected chi connectivity index (χ2v) is 5.42. The van der Waals surface area contributed by atoms with Crippen LogP contribution in [0.1, 0.15) is 28.9 Å². The molecule has 2 rings (SSSR count). The van der Waals surface area contributed by atoms with Crippen molar-refractivity contribution < 1.29 is 9.18 Å². The van der Waals surface area contributed by atoms with Gasteiger partial charge in [-0.05, 0) is 36.8 Å². The Balaban J connectivity index is 2.18. The van der Waals surface area contributed by atoms with Crippen LogP contribution in [0.5, 0.6) is 0 Å². The van der Waals surface area contributed by atoms with Crippen LogP contribution >= 0.6 is 23.2 Å². The van der Waals surface area contributed by atoms with E-state index in [0.29, 0.717) is 11.1 Å². The molecule has 0 heterocycles. The zero-order chi connectivity index (χ0) is 15.6. The number of nitrogens with one attached hydrogen (secondary N) is 1. The molecule has 2 aromatic rings. The Labute approximate surface area is 131 Å². The van der Waals surface area contributed by atoms with Gasteiger partial charge in [0.1, 0.15) is 5.82 Å². The van der Waals surface area contributed by atoms with Crippen molar-refractivity contribution in [2.24, 2.45) is 0 Å². The van der Waals surface area contributed by atoms with Crippen LogP contribution in [0.25, 0.3) is 0 Å². The number of carbonyl (C=O) groups excluding carboxylic acids is 1. The van der Waals surface area contributed by atoms with Crippen molar-refractivity contribution in [1.29, 1.82) is 0 Å². The highest BCUT2D eigenvalue weighted by Gasteiger charge is 2.14. The lowest BCUT2D eigenvalue weighted by Gasteiger charge is -2.15. The molecule has 3 N–H and O–H groups in total. The first-order valence-electron chi connectivity index (χ1n) is 6.19. The third-order valence-corrected chi connectivity index (χ3v) is 3.66. The van der Waals surface area contributed by atoms with Crippen molar-refractivity contribution in [2.45, 2.75) is 13.0 Å². The van der Waals surface area contributed by atoms with E-state index in [4.69, 9.17) is 28.9 Å². The van der Waals surface area contributed by atoms with Crippen molar-refractivity contribution in [3.05, 3.63) is 63.4 Å². The molecule has 0 radical (unpaired) electrons. The lowest BCUT2D eigenvalue weighted by molar-refractivity contribution is 0.0940. The Morgan fingerprint density at radius 3 is 2.43 bits per heavy atom. The first kappa shape index (κ1) is 15.6.